The van der Waals surface area contributed by atoms with Crippen molar-refractivity contribution in [1.82, 2.24) is 4.57 Å². The second-order valence-corrected chi connectivity index (χ2v) is 6.82. The van der Waals surface area contributed by atoms with Crippen LogP contribution in [0.25, 0.3) is 23.1 Å². The van der Waals surface area contributed by atoms with Gasteiger partial charge in [0.05, 0.1) is 6.54 Å². The van der Waals surface area contributed by atoms with Crippen LogP contribution in [0.1, 0.15) is 22.4 Å². The molecule has 0 aliphatic carbocycles. The Morgan fingerprint density at radius 3 is 2.41 bits per heavy atom. The highest BCUT2D eigenvalue weighted by Gasteiger charge is 2.13. The fourth-order valence-electron chi connectivity index (χ4n) is 3.47. The van der Waals surface area contributed by atoms with Gasteiger partial charge in [0.15, 0.2) is 12.4 Å². The summed E-state index contributed by atoms with van der Waals surface area (Å²) in [6.07, 6.45) is 8.36. The van der Waals surface area contributed by atoms with E-state index in [1.807, 2.05) is 42.2 Å². The summed E-state index contributed by atoms with van der Waals surface area (Å²) in [6.45, 7) is 2.62. The van der Waals surface area contributed by atoms with Crippen LogP contribution in [-0.2, 0) is 13.6 Å². The van der Waals surface area contributed by atoms with E-state index in [1.54, 1.807) is 6.07 Å². The van der Waals surface area contributed by atoms with Crippen LogP contribution in [0.4, 0.5) is 4.39 Å². The summed E-state index contributed by atoms with van der Waals surface area (Å²) in [7, 11) is 2.01. The minimum absolute atomic E-state index is 0.163. The number of halogens is 1. The molecule has 0 spiro atoms. The Morgan fingerprint density at radius 1 is 0.926 bits per heavy atom. The molecule has 0 radical (unpaired) electrons. The van der Waals surface area contributed by atoms with Gasteiger partial charge in [-0.2, -0.15) is 0 Å². The SMILES string of the molecule is Cc1c(/C=C/c2cc[n+](C)cc2)c2ccccc2n1Cc1ccccc1F. The van der Waals surface area contributed by atoms with Gasteiger partial charge in [-0.1, -0.05) is 48.6 Å². The van der Waals surface area contributed by atoms with Crippen molar-refractivity contribution in [3.63, 3.8) is 0 Å². The zero-order chi connectivity index (χ0) is 18.8. The van der Waals surface area contributed by atoms with Gasteiger partial charge >= 0.3 is 0 Å². The average Bonchev–Trinajstić information content (AvgIpc) is 2.95. The molecule has 3 heteroatoms. The predicted molar refractivity (Wildman–Crippen MR) is 109 cm³/mol. The second kappa shape index (κ2) is 7.20. The molecule has 2 aromatic carbocycles. The molecule has 0 saturated carbocycles. The predicted octanol–water partition coefficient (Wildman–Crippen LogP) is 5.13. The molecule has 0 N–H and O–H groups in total. The van der Waals surface area contributed by atoms with Crippen LogP contribution in [0.15, 0.2) is 73.1 Å². The number of benzene rings is 2. The number of aryl methyl sites for hydroxylation is 1. The van der Waals surface area contributed by atoms with Crippen molar-refractivity contribution in [2.75, 3.05) is 0 Å². The van der Waals surface area contributed by atoms with Gasteiger partial charge in [0.2, 0.25) is 0 Å². The zero-order valence-corrected chi connectivity index (χ0v) is 15.6. The smallest absolute Gasteiger partial charge is 0.169 e. The first kappa shape index (κ1) is 17.2. The standard InChI is InChI=1S/C24H22FN2/c1-18-21(12-11-19-13-15-26(2)16-14-19)22-8-4-6-10-24(22)27(18)17-20-7-3-5-9-23(20)25/h3-16H,17H2,1-2H3/q+1. The molecule has 2 nitrogen and oxygen atoms in total. The molecule has 0 saturated heterocycles. The molecule has 2 heterocycles. The van der Waals surface area contributed by atoms with Crippen molar-refractivity contribution in [3.8, 4) is 0 Å². The lowest BCUT2D eigenvalue weighted by atomic mass is 10.1. The van der Waals surface area contributed by atoms with E-state index in [-0.39, 0.29) is 5.82 Å². The number of hydrogen-bond acceptors (Lipinski definition) is 0. The summed E-state index contributed by atoms with van der Waals surface area (Å²) in [6, 6.07) is 19.5. The average molecular weight is 357 g/mol. The van der Waals surface area contributed by atoms with Crippen molar-refractivity contribution < 1.29 is 8.96 Å². The van der Waals surface area contributed by atoms with Crippen molar-refractivity contribution in [2.45, 2.75) is 13.5 Å². The molecule has 0 aliphatic rings. The van der Waals surface area contributed by atoms with Gasteiger partial charge in [0.25, 0.3) is 0 Å². The minimum Gasteiger partial charge on any atom is -0.340 e. The van der Waals surface area contributed by atoms with Gasteiger partial charge in [-0.25, -0.2) is 8.96 Å². The van der Waals surface area contributed by atoms with Crippen LogP contribution in [-0.4, -0.2) is 4.57 Å². The first-order valence-electron chi connectivity index (χ1n) is 9.08. The Morgan fingerprint density at radius 2 is 1.63 bits per heavy atom. The lowest BCUT2D eigenvalue weighted by molar-refractivity contribution is -0.671. The Balaban J connectivity index is 1.79. The lowest BCUT2D eigenvalue weighted by Crippen LogP contribution is -2.25. The van der Waals surface area contributed by atoms with Crippen LogP contribution in [0.3, 0.4) is 0 Å². The monoisotopic (exact) mass is 357 g/mol. The molecule has 2 aromatic heterocycles. The molecule has 0 bridgehead atoms. The molecule has 4 aromatic rings. The quantitative estimate of drug-likeness (QED) is 0.448. The van der Waals surface area contributed by atoms with E-state index in [1.165, 1.54) is 17.0 Å². The summed E-state index contributed by atoms with van der Waals surface area (Å²) in [4.78, 5) is 0. The summed E-state index contributed by atoms with van der Waals surface area (Å²) in [5, 5.41) is 1.18. The molecule has 4 rings (SSSR count). The van der Waals surface area contributed by atoms with E-state index in [4.69, 9.17) is 0 Å². The maximum Gasteiger partial charge on any atom is 0.169 e. The number of hydrogen-bond donors (Lipinski definition) is 0. The normalized spacial score (nSPS) is 11.5. The number of para-hydroxylation sites is 1. The van der Waals surface area contributed by atoms with E-state index >= 15 is 0 Å². The van der Waals surface area contributed by atoms with E-state index in [2.05, 4.69) is 54.0 Å². The highest BCUT2D eigenvalue weighted by atomic mass is 19.1. The van der Waals surface area contributed by atoms with Crippen molar-refractivity contribution >= 4 is 23.1 Å². The molecule has 0 amide bonds. The van der Waals surface area contributed by atoms with E-state index < -0.39 is 0 Å². The molecule has 0 atom stereocenters. The summed E-state index contributed by atoms with van der Waals surface area (Å²) in [5.74, 6) is -0.163. The number of pyridine rings is 1. The Hall–Kier alpha value is -3.20. The largest absolute Gasteiger partial charge is 0.340 e. The van der Waals surface area contributed by atoms with Crippen LogP contribution >= 0.6 is 0 Å². The zero-order valence-electron chi connectivity index (χ0n) is 15.6. The number of fused-ring (bicyclic) bond motifs is 1. The molecule has 0 unspecified atom stereocenters. The van der Waals surface area contributed by atoms with E-state index in [0.717, 1.165) is 16.8 Å². The Labute approximate surface area is 158 Å². The third-order valence-electron chi connectivity index (χ3n) is 5.01. The molecular weight excluding hydrogens is 335 g/mol. The van der Waals surface area contributed by atoms with E-state index in [0.29, 0.717) is 12.1 Å². The number of nitrogens with zero attached hydrogens (tertiary/aromatic N) is 2. The molecule has 134 valence electrons. The molecule has 27 heavy (non-hydrogen) atoms. The summed E-state index contributed by atoms with van der Waals surface area (Å²) in [5.41, 5.74) is 5.29. The van der Waals surface area contributed by atoms with Crippen molar-refractivity contribution in [2.24, 2.45) is 7.05 Å². The third-order valence-corrected chi connectivity index (χ3v) is 5.01. The third kappa shape index (κ3) is 3.41. The molecule has 0 fully saturated rings. The van der Waals surface area contributed by atoms with Gasteiger partial charge < -0.3 is 4.57 Å². The van der Waals surface area contributed by atoms with Gasteiger partial charge in [-0.15, -0.1) is 0 Å². The first-order chi connectivity index (χ1) is 13.1. The molecular formula is C24H22FN2+. The van der Waals surface area contributed by atoms with Crippen LogP contribution < -0.4 is 4.57 Å². The van der Waals surface area contributed by atoms with Crippen LogP contribution in [0.2, 0.25) is 0 Å². The fraction of sp³-hybridized carbons (Fsp3) is 0.125. The molecule has 0 aliphatic heterocycles. The number of rotatable bonds is 4. The van der Waals surface area contributed by atoms with Crippen molar-refractivity contribution in [3.05, 3.63) is 101 Å². The maximum atomic E-state index is 14.2. The van der Waals surface area contributed by atoms with Gasteiger partial charge in [0.1, 0.15) is 12.9 Å². The van der Waals surface area contributed by atoms with E-state index in [9.17, 15) is 4.39 Å². The first-order valence-corrected chi connectivity index (χ1v) is 9.08. The second-order valence-electron chi connectivity index (χ2n) is 6.82. The Bertz CT molecular complexity index is 1120. The van der Waals surface area contributed by atoms with Crippen LogP contribution in [0, 0.1) is 12.7 Å². The Kier molecular flexibility index (Phi) is 4.59. The van der Waals surface area contributed by atoms with Crippen LogP contribution in [0.5, 0.6) is 0 Å². The lowest BCUT2D eigenvalue weighted by Gasteiger charge is -2.09. The maximum absolute atomic E-state index is 14.2. The van der Waals surface area contributed by atoms with Gasteiger partial charge in [0, 0.05) is 39.9 Å². The minimum atomic E-state index is -0.163. The highest BCUT2D eigenvalue weighted by molar-refractivity contribution is 5.93. The van der Waals surface area contributed by atoms with Gasteiger partial charge in [-0.3, -0.25) is 0 Å². The summed E-state index contributed by atoms with van der Waals surface area (Å²) < 4.78 is 18.4. The number of aromatic nitrogens is 2. The summed E-state index contributed by atoms with van der Waals surface area (Å²) >= 11 is 0. The fourth-order valence-corrected chi connectivity index (χ4v) is 3.47. The topological polar surface area (TPSA) is 8.81 Å². The van der Waals surface area contributed by atoms with Gasteiger partial charge in [-0.05, 0) is 24.6 Å². The van der Waals surface area contributed by atoms with Crippen molar-refractivity contribution in [1.29, 1.82) is 0 Å². The highest BCUT2D eigenvalue weighted by Crippen LogP contribution is 2.28.